The van der Waals surface area contributed by atoms with Crippen LogP contribution >= 0.6 is 34.8 Å². The highest BCUT2D eigenvalue weighted by Gasteiger charge is 2.35. The van der Waals surface area contributed by atoms with Crippen molar-refractivity contribution in [1.29, 1.82) is 0 Å². The molecule has 7 nitrogen and oxygen atoms in total. The van der Waals surface area contributed by atoms with Gasteiger partial charge in [-0.3, -0.25) is 13.9 Å². The molecule has 0 aliphatic rings. The van der Waals surface area contributed by atoms with Crippen molar-refractivity contribution in [2.75, 3.05) is 10.8 Å². The lowest BCUT2D eigenvalue weighted by molar-refractivity contribution is -0.141. The molecule has 0 aliphatic carbocycles. The van der Waals surface area contributed by atoms with E-state index in [1.54, 1.807) is 62.4 Å². The standard InChI is InChI=1S/C30H34Cl3N3O4S/c1-6-27(29(38)34-30(3,4)5)35(18-21-13-14-22(31)16-26(21)33)28(37)19-36(23-15-12-20(2)25(32)17-23)41(39,40)24-10-8-7-9-11-24/h7-17,27H,6,18-19H2,1-5H3,(H,34,38)/t27-/m1/s1. The zero-order valence-corrected chi connectivity index (χ0v) is 26.7. The number of amides is 2. The summed E-state index contributed by atoms with van der Waals surface area (Å²) in [7, 11) is -4.20. The van der Waals surface area contributed by atoms with Crippen LogP contribution in [0, 0.1) is 6.92 Å². The fourth-order valence-corrected chi connectivity index (χ4v) is 6.26. The van der Waals surface area contributed by atoms with E-state index in [2.05, 4.69) is 5.32 Å². The predicted octanol–water partition coefficient (Wildman–Crippen LogP) is 6.87. The van der Waals surface area contributed by atoms with Gasteiger partial charge in [-0.2, -0.15) is 0 Å². The lowest BCUT2D eigenvalue weighted by atomic mass is 10.1. The fraction of sp³-hybridized carbons (Fsp3) is 0.333. The van der Waals surface area contributed by atoms with Gasteiger partial charge < -0.3 is 10.2 Å². The van der Waals surface area contributed by atoms with Crippen LogP contribution in [0.3, 0.4) is 0 Å². The Bertz CT molecular complexity index is 1510. The SMILES string of the molecule is CC[C@H](C(=O)NC(C)(C)C)N(Cc1ccc(Cl)cc1Cl)C(=O)CN(c1ccc(C)c(Cl)c1)S(=O)(=O)c1ccccc1. The number of rotatable bonds is 10. The van der Waals surface area contributed by atoms with Gasteiger partial charge in [0.05, 0.1) is 10.6 Å². The number of sulfonamides is 1. The number of benzene rings is 3. The Labute approximate surface area is 257 Å². The highest BCUT2D eigenvalue weighted by Crippen LogP contribution is 2.29. The molecule has 11 heteroatoms. The first kappa shape index (κ1) is 32.7. The van der Waals surface area contributed by atoms with E-state index in [1.807, 2.05) is 20.8 Å². The third kappa shape index (κ3) is 8.38. The van der Waals surface area contributed by atoms with Crippen molar-refractivity contribution in [3.63, 3.8) is 0 Å². The Morgan fingerprint density at radius 1 is 0.927 bits per heavy atom. The largest absolute Gasteiger partial charge is 0.350 e. The van der Waals surface area contributed by atoms with E-state index < -0.39 is 34.1 Å². The molecule has 0 saturated carbocycles. The van der Waals surface area contributed by atoms with Crippen LogP contribution in [0.25, 0.3) is 0 Å². The van der Waals surface area contributed by atoms with Crippen LogP contribution in [0.5, 0.6) is 0 Å². The molecule has 0 saturated heterocycles. The van der Waals surface area contributed by atoms with Crippen LogP contribution in [-0.4, -0.2) is 43.3 Å². The average molecular weight is 639 g/mol. The van der Waals surface area contributed by atoms with Crippen molar-refractivity contribution in [3.05, 3.63) is 92.9 Å². The maximum atomic E-state index is 14.1. The smallest absolute Gasteiger partial charge is 0.264 e. The molecule has 0 aromatic heterocycles. The number of aryl methyl sites for hydroxylation is 1. The molecule has 0 bridgehead atoms. The van der Waals surface area contributed by atoms with Gasteiger partial charge in [-0.25, -0.2) is 8.42 Å². The second-order valence-electron chi connectivity index (χ2n) is 10.7. The summed E-state index contributed by atoms with van der Waals surface area (Å²) in [6, 6.07) is 16.6. The minimum absolute atomic E-state index is 0.00862. The van der Waals surface area contributed by atoms with E-state index in [9.17, 15) is 18.0 Å². The monoisotopic (exact) mass is 637 g/mol. The molecule has 0 unspecified atom stereocenters. The van der Waals surface area contributed by atoms with Crippen LogP contribution in [0.1, 0.15) is 45.2 Å². The molecule has 3 aromatic carbocycles. The summed E-state index contributed by atoms with van der Waals surface area (Å²) in [5.41, 5.74) is 0.970. The molecule has 0 spiro atoms. The number of carbonyl (C=O) groups is 2. The number of hydrogen-bond acceptors (Lipinski definition) is 4. The molecule has 0 radical (unpaired) electrons. The molecule has 0 heterocycles. The Morgan fingerprint density at radius 2 is 1.59 bits per heavy atom. The second-order valence-corrected chi connectivity index (χ2v) is 13.8. The molecule has 1 atom stereocenters. The number of nitrogens with one attached hydrogen (secondary N) is 1. The van der Waals surface area contributed by atoms with Crippen LogP contribution in [0.4, 0.5) is 5.69 Å². The topological polar surface area (TPSA) is 86.8 Å². The van der Waals surface area contributed by atoms with E-state index in [1.165, 1.54) is 23.1 Å². The van der Waals surface area contributed by atoms with E-state index in [-0.39, 0.29) is 29.5 Å². The van der Waals surface area contributed by atoms with Gasteiger partial charge in [-0.1, -0.05) is 72.1 Å². The molecule has 0 fully saturated rings. The normalized spacial score (nSPS) is 12.5. The minimum atomic E-state index is -4.20. The molecule has 220 valence electrons. The van der Waals surface area contributed by atoms with Crippen molar-refractivity contribution < 1.29 is 18.0 Å². The van der Waals surface area contributed by atoms with Gasteiger partial charge in [-0.15, -0.1) is 0 Å². The number of carbonyl (C=O) groups excluding carboxylic acids is 2. The molecule has 2 amide bonds. The lowest BCUT2D eigenvalue weighted by Gasteiger charge is -2.35. The number of nitrogens with zero attached hydrogens (tertiary/aromatic N) is 2. The van der Waals surface area contributed by atoms with E-state index in [0.717, 1.165) is 9.87 Å². The van der Waals surface area contributed by atoms with Gasteiger partial charge in [0.15, 0.2) is 0 Å². The summed E-state index contributed by atoms with van der Waals surface area (Å²) < 4.78 is 28.8. The lowest BCUT2D eigenvalue weighted by Crippen LogP contribution is -2.55. The quantitative estimate of drug-likeness (QED) is 0.263. The van der Waals surface area contributed by atoms with Crippen LogP contribution < -0.4 is 9.62 Å². The fourth-order valence-electron chi connectivity index (χ4n) is 4.19. The third-order valence-corrected chi connectivity index (χ3v) is 9.08. The van der Waals surface area contributed by atoms with Gasteiger partial charge in [-0.05, 0) is 81.6 Å². The summed E-state index contributed by atoms with van der Waals surface area (Å²) >= 11 is 18.9. The van der Waals surface area contributed by atoms with Gasteiger partial charge in [0.25, 0.3) is 10.0 Å². The average Bonchev–Trinajstić information content (AvgIpc) is 2.89. The maximum Gasteiger partial charge on any atom is 0.264 e. The van der Waals surface area contributed by atoms with Crippen molar-refractivity contribution in [1.82, 2.24) is 10.2 Å². The van der Waals surface area contributed by atoms with Crippen molar-refractivity contribution in [2.45, 2.75) is 64.1 Å². The summed E-state index contributed by atoms with van der Waals surface area (Å²) in [6.07, 6.45) is 0.278. The minimum Gasteiger partial charge on any atom is -0.350 e. The Hall–Kier alpha value is -2.78. The van der Waals surface area contributed by atoms with Gasteiger partial charge in [0, 0.05) is 27.2 Å². The van der Waals surface area contributed by atoms with Crippen molar-refractivity contribution >= 4 is 62.3 Å². The number of anilines is 1. The van der Waals surface area contributed by atoms with Gasteiger partial charge in [0.1, 0.15) is 12.6 Å². The van der Waals surface area contributed by atoms with E-state index >= 15 is 0 Å². The second kappa shape index (κ2) is 13.5. The molecule has 3 rings (SSSR count). The van der Waals surface area contributed by atoms with Crippen LogP contribution in [-0.2, 0) is 26.2 Å². The highest BCUT2D eigenvalue weighted by molar-refractivity contribution is 7.92. The molecule has 3 aromatic rings. The molecular weight excluding hydrogens is 605 g/mol. The van der Waals surface area contributed by atoms with Gasteiger partial charge in [0.2, 0.25) is 11.8 Å². The molecular formula is C30H34Cl3N3O4S. The van der Waals surface area contributed by atoms with Gasteiger partial charge >= 0.3 is 0 Å². The highest BCUT2D eigenvalue weighted by atomic mass is 35.5. The Kier molecular flexibility index (Phi) is 10.7. The van der Waals surface area contributed by atoms with Crippen LogP contribution in [0.15, 0.2) is 71.6 Å². The maximum absolute atomic E-state index is 14.1. The Balaban J connectivity index is 2.11. The summed E-state index contributed by atoms with van der Waals surface area (Å²) in [6.45, 7) is 8.48. The number of halogens is 3. The van der Waals surface area contributed by atoms with Crippen molar-refractivity contribution in [3.8, 4) is 0 Å². The predicted molar refractivity (Wildman–Crippen MR) is 166 cm³/mol. The molecule has 1 N–H and O–H groups in total. The third-order valence-electron chi connectivity index (χ3n) is 6.29. The molecule has 0 aliphatic heterocycles. The molecule has 41 heavy (non-hydrogen) atoms. The van der Waals surface area contributed by atoms with E-state index in [0.29, 0.717) is 20.6 Å². The first-order valence-electron chi connectivity index (χ1n) is 13.0. The number of hydrogen-bond donors (Lipinski definition) is 1. The van der Waals surface area contributed by atoms with Crippen LogP contribution in [0.2, 0.25) is 15.1 Å². The first-order chi connectivity index (χ1) is 19.1. The van der Waals surface area contributed by atoms with E-state index in [4.69, 9.17) is 34.8 Å². The first-order valence-corrected chi connectivity index (χ1v) is 15.6. The zero-order chi connectivity index (χ0) is 30.5. The summed E-state index contributed by atoms with van der Waals surface area (Å²) in [5, 5.41) is 4.03. The zero-order valence-electron chi connectivity index (χ0n) is 23.6. The van der Waals surface area contributed by atoms with Crippen molar-refractivity contribution in [2.24, 2.45) is 0 Å². The summed E-state index contributed by atoms with van der Waals surface area (Å²) in [4.78, 5) is 28.9. The Morgan fingerprint density at radius 3 is 2.15 bits per heavy atom. The summed E-state index contributed by atoms with van der Waals surface area (Å²) in [5.74, 6) is -0.961.